The molecule has 0 fully saturated rings. The van der Waals surface area contributed by atoms with Crippen LogP contribution >= 0.6 is 0 Å². The minimum Gasteiger partial charge on any atom is -0.497 e. The normalized spacial score (nSPS) is 12.7. The first-order chi connectivity index (χ1) is 15.3. The molecule has 0 unspecified atom stereocenters. The van der Waals surface area contributed by atoms with E-state index in [1.54, 1.807) is 44.7 Å². The minimum absolute atomic E-state index is 0.0529. The predicted molar refractivity (Wildman–Crippen MR) is 121 cm³/mol. The summed E-state index contributed by atoms with van der Waals surface area (Å²) in [4.78, 5) is 0. The highest BCUT2D eigenvalue weighted by Crippen LogP contribution is 2.22. The number of aromatic nitrogens is 2. The van der Waals surface area contributed by atoms with E-state index in [0.717, 1.165) is 11.1 Å². The Morgan fingerprint density at radius 1 is 0.938 bits per heavy atom. The molecular formula is C23H29N3O5S. The van der Waals surface area contributed by atoms with E-state index in [1.807, 2.05) is 31.2 Å². The topological polar surface area (TPSA) is 93.9 Å². The summed E-state index contributed by atoms with van der Waals surface area (Å²) in [5.74, 6) is 1.40. The summed E-state index contributed by atoms with van der Waals surface area (Å²) >= 11 is 0. The van der Waals surface area contributed by atoms with Gasteiger partial charge in [0, 0.05) is 19.3 Å². The molecule has 0 bridgehead atoms. The number of hydrogen-bond donors (Lipinski definition) is 1. The molecule has 3 rings (SSSR count). The second-order valence-electron chi connectivity index (χ2n) is 7.41. The van der Waals surface area contributed by atoms with Crippen molar-refractivity contribution in [3.05, 3.63) is 71.9 Å². The third-order valence-electron chi connectivity index (χ3n) is 5.13. The van der Waals surface area contributed by atoms with E-state index in [4.69, 9.17) is 9.47 Å². The molecule has 3 aromatic rings. The van der Waals surface area contributed by atoms with Crippen LogP contribution in [0.15, 0.2) is 65.8 Å². The summed E-state index contributed by atoms with van der Waals surface area (Å²) < 4.78 is 40.2. The largest absolute Gasteiger partial charge is 0.497 e. The van der Waals surface area contributed by atoms with Gasteiger partial charge < -0.3 is 14.6 Å². The van der Waals surface area contributed by atoms with E-state index in [1.165, 1.54) is 15.1 Å². The van der Waals surface area contributed by atoms with Crippen molar-refractivity contribution < 1.29 is 23.0 Å². The Hall–Kier alpha value is -2.88. The summed E-state index contributed by atoms with van der Waals surface area (Å²) in [5, 5.41) is 14.0. The lowest BCUT2D eigenvalue weighted by Crippen LogP contribution is -2.31. The number of sulfonamides is 1. The summed E-state index contributed by atoms with van der Waals surface area (Å²) in [6.07, 6.45) is 1.55. The number of benzene rings is 2. The van der Waals surface area contributed by atoms with Crippen molar-refractivity contribution in [2.45, 2.75) is 44.1 Å². The van der Waals surface area contributed by atoms with Gasteiger partial charge in [0.2, 0.25) is 0 Å². The Balaban J connectivity index is 1.90. The van der Waals surface area contributed by atoms with E-state index in [-0.39, 0.29) is 24.7 Å². The van der Waals surface area contributed by atoms with Crippen molar-refractivity contribution in [3.63, 3.8) is 0 Å². The van der Waals surface area contributed by atoms with Gasteiger partial charge >= 0.3 is 0 Å². The lowest BCUT2D eigenvalue weighted by Gasteiger charge is -2.21. The molecular weight excluding hydrogens is 430 g/mol. The van der Waals surface area contributed by atoms with Crippen LogP contribution in [0.1, 0.15) is 24.5 Å². The lowest BCUT2D eigenvalue weighted by atomic mass is 10.2. The Morgan fingerprint density at radius 2 is 1.44 bits per heavy atom. The lowest BCUT2D eigenvalue weighted by molar-refractivity contribution is 0.144. The van der Waals surface area contributed by atoms with Gasteiger partial charge in [-0.3, -0.25) is 4.68 Å². The zero-order chi connectivity index (χ0) is 23.1. The summed E-state index contributed by atoms with van der Waals surface area (Å²) in [5.41, 5.74) is 1.65. The number of ether oxygens (including phenoxy) is 2. The van der Waals surface area contributed by atoms with Crippen LogP contribution in [0.2, 0.25) is 0 Å². The Bertz CT molecular complexity index is 1050. The van der Waals surface area contributed by atoms with E-state index < -0.39 is 16.1 Å². The molecule has 0 spiro atoms. The molecule has 1 N–H and O–H groups in total. The average Bonchev–Trinajstić information content (AvgIpc) is 3.28. The quantitative estimate of drug-likeness (QED) is 0.474. The molecule has 0 saturated heterocycles. The van der Waals surface area contributed by atoms with Gasteiger partial charge in [-0.05, 0) is 47.9 Å². The summed E-state index contributed by atoms with van der Waals surface area (Å²) in [6, 6.07) is 16.0. The molecule has 0 aliphatic rings. The zero-order valence-electron chi connectivity index (χ0n) is 18.5. The van der Waals surface area contributed by atoms with Crippen LogP contribution in [0.4, 0.5) is 0 Å². The molecule has 9 heteroatoms. The van der Waals surface area contributed by atoms with Crippen LogP contribution in [-0.2, 0) is 29.7 Å². The molecule has 32 heavy (non-hydrogen) atoms. The fourth-order valence-electron chi connectivity index (χ4n) is 3.15. The third-order valence-corrected chi connectivity index (χ3v) is 6.81. The standard InChI is InChI=1S/C23H29N3O5S/c1-4-20(27)17-25-14-13-23(24-25)32(28,29)26(15-18-5-9-21(30-2)10-6-18)16-19-7-11-22(31-3)12-8-19/h5-14,20,27H,4,15-17H2,1-3H3/t20-/m1/s1. The van der Waals surface area contributed by atoms with Gasteiger partial charge in [-0.15, -0.1) is 0 Å². The van der Waals surface area contributed by atoms with Crippen LogP contribution < -0.4 is 9.47 Å². The number of hydrogen-bond acceptors (Lipinski definition) is 6. The van der Waals surface area contributed by atoms with Gasteiger partial charge in [-0.2, -0.15) is 9.40 Å². The molecule has 1 aromatic heterocycles. The maximum Gasteiger partial charge on any atom is 0.262 e. The molecule has 0 amide bonds. The van der Waals surface area contributed by atoms with Gasteiger partial charge in [0.05, 0.1) is 26.9 Å². The van der Waals surface area contributed by atoms with E-state index in [9.17, 15) is 13.5 Å². The fraction of sp³-hybridized carbons (Fsp3) is 0.348. The fourth-order valence-corrected chi connectivity index (χ4v) is 4.50. The molecule has 0 aliphatic heterocycles. The number of nitrogens with zero attached hydrogens (tertiary/aromatic N) is 3. The van der Waals surface area contributed by atoms with Crippen molar-refractivity contribution in [1.29, 1.82) is 0 Å². The maximum atomic E-state index is 13.5. The molecule has 8 nitrogen and oxygen atoms in total. The number of methoxy groups -OCH3 is 2. The van der Waals surface area contributed by atoms with Gasteiger partial charge in [-0.1, -0.05) is 31.2 Å². The predicted octanol–water partition coefficient (Wildman–Crippen LogP) is 3.06. The van der Waals surface area contributed by atoms with Gasteiger partial charge in [0.1, 0.15) is 11.5 Å². The van der Waals surface area contributed by atoms with Crippen LogP contribution in [-0.4, -0.2) is 47.9 Å². The van der Waals surface area contributed by atoms with Crippen LogP contribution in [0.5, 0.6) is 11.5 Å². The van der Waals surface area contributed by atoms with Crippen molar-refractivity contribution in [3.8, 4) is 11.5 Å². The first kappa shape index (κ1) is 23.8. The van der Waals surface area contributed by atoms with E-state index >= 15 is 0 Å². The summed E-state index contributed by atoms with van der Waals surface area (Å²) in [6.45, 7) is 2.44. The number of rotatable bonds is 11. The monoisotopic (exact) mass is 459 g/mol. The Kier molecular flexibility index (Phi) is 7.89. The van der Waals surface area contributed by atoms with E-state index in [2.05, 4.69) is 5.10 Å². The van der Waals surface area contributed by atoms with Crippen molar-refractivity contribution in [2.75, 3.05) is 14.2 Å². The number of aliphatic hydroxyl groups is 1. The van der Waals surface area contributed by atoms with Crippen molar-refractivity contribution >= 4 is 10.0 Å². The molecule has 0 aliphatic carbocycles. The first-order valence-corrected chi connectivity index (χ1v) is 11.8. The van der Waals surface area contributed by atoms with Crippen LogP contribution in [0.25, 0.3) is 0 Å². The van der Waals surface area contributed by atoms with Crippen LogP contribution in [0.3, 0.4) is 0 Å². The molecule has 0 saturated carbocycles. The molecule has 172 valence electrons. The smallest absolute Gasteiger partial charge is 0.262 e. The second kappa shape index (κ2) is 10.6. The first-order valence-electron chi connectivity index (χ1n) is 10.3. The van der Waals surface area contributed by atoms with Gasteiger partial charge in [0.15, 0.2) is 5.03 Å². The SMILES string of the molecule is CC[C@@H](O)Cn1ccc(S(=O)(=O)N(Cc2ccc(OC)cc2)Cc2ccc(OC)cc2)n1. The van der Waals surface area contributed by atoms with E-state index in [0.29, 0.717) is 17.9 Å². The Labute approximate surface area is 189 Å². The highest BCUT2D eigenvalue weighted by molar-refractivity contribution is 7.89. The highest BCUT2D eigenvalue weighted by Gasteiger charge is 2.27. The maximum absolute atomic E-state index is 13.5. The molecule has 0 radical (unpaired) electrons. The average molecular weight is 460 g/mol. The summed E-state index contributed by atoms with van der Waals surface area (Å²) in [7, 11) is -0.724. The molecule has 1 heterocycles. The second-order valence-corrected chi connectivity index (χ2v) is 9.29. The van der Waals surface area contributed by atoms with Crippen molar-refractivity contribution in [1.82, 2.24) is 14.1 Å². The number of aliphatic hydroxyl groups excluding tert-OH is 1. The zero-order valence-corrected chi connectivity index (χ0v) is 19.3. The van der Waals surface area contributed by atoms with Gasteiger partial charge in [-0.25, -0.2) is 8.42 Å². The minimum atomic E-state index is -3.89. The Morgan fingerprint density at radius 3 is 1.88 bits per heavy atom. The highest BCUT2D eigenvalue weighted by atomic mass is 32.2. The van der Waals surface area contributed by atoms with Crippen molar-refractivity contribution in [2.24, 2.45) is 0 Å². The van der Waals surface area contributed by atoms with Gasteiger partial charge in [0.25, 0.3) is 10.0 Å². The van der Waals surface area contributed by atoms with Crippen LogP contribution in [0, 0.1) is 0 Å². The third kappa shape index (κ3) is 5.87. The molecule has 1 atom stereocenters. The molecule has 2 aromatic carbocycles.